The maximum absolute atomic E-state index is 12.3. The van der Waals surface area contributed by atoms with Gasteiger partial charge in [-0.25, -0.2) is 9.78 Å². The van der Waals surface area contributed by atoms with Crippen molar-refractivity contribution in [3.05, 3.63) is 58.3 Å². The van der Waals surface area contributed by atoms with Crippen molar-refractivity contribution in [3.63, 3.8) is 0 Å². The molecule has 152 valence electrons. The summed E-state index contributed by atoms with van der Waals surface area (Å²) in [5.41, 5.74) is 0.0656. The van der Waals surface area contributed by atoms with Crippen LogP contribution in [0.2, 0.25) is 0 Å². The third kappa shape index (κ3) is 4.78. The number of esters is 1. The number of benzene rings is 1. The Morgan fingerprint density at radius 3 is 2.59 bits per heavy atom. The Morgan fingerprint density at radius 1 is 1.21 bits per heavy atom. The quantitative estimate of drug-likeness (QED) is 0.441. The SMILES string of the molecule is CNc1ccc(C(=O)OCC(=O)N2CCN(c3ccccn3)CC2)cc1[N+](=O)[O-]. The van der Waals surface area contributed by atoms with Crippen molar-refractivity contribution < 1.29 is 19.2 Å². The summed E-state index contributed by atoms with van der Waals surface area (Å²) in [4.78, 5) is 43.1. The Balaban J connectivity index is 1.53. The van der Waals surface area contributed by atoms with E-state index in [1.54, 1.807) is 18.1 Å². The molecule has 0 saturated carbocycles. The summed E-state index contributed by atoms with van der Waals surface area (Å²) in [5.74, 6) is -0.228. The van der Waals surface area contributed by atoms with Crippen molar-refractivity contribution in [1.29, 1.82) is 0 Å². The molecule has 1 amide bonds. The number of nitro benzene ring substituents is 1. The van der Waals surface area contributed by atoms with Crippen LogP contribution in [0.15, 0.2) is 42.6 Å². The van der Waals surface area contributed by atoms with Crippen molar-refractivity contribution in [2.24, 2.45) is 0 Å². The zero-order chi connectivity index (χ0) is 20.8. The van der Waals surface area contributed by atoms with Crippen molar-refractivity contribution in [2.45, 2.75) is 0 Å². The van der Waals surface area contributed by atoms with Gasteiger partial charge in [-0.2, -0.15) is 0 Å². The van der Waals surface area contributed by atoms with Gasteiger partial charge in [0.15, 0.2) is 6.61 Å². The lowest BCUT2D eigenvalue weighted by Gasteiger charge is -2.35. The number of nitrogens with one attached hydrogen (secondary N) is 1. The molecule has 1 aliphatic rings. The van der Waals surface area contributed by atoms with E-state index in [9.17, 15) is 19.7 Å². The van der Waals surface area contributed by atoms with Crippen molar-refractivity contribution >= 4 is 29.1 Å². The highest BCUT2D eigenvalue weighted by atomic mass is 16.6. The molecule has 0 atom stereocenters. The van der Waals surface area contributed by atoms with E-state index in [4.69, 9.17) is 4.74 Å². The molecular weight excluding hydrogens is 378 g/mol. The van der Waals surface area contributed by atoms with Crippen LogP contribution in [0.1, 0.15) is 10.4 Å². The fourth-order valence-corrected chi connectivity index (χ4v) is 3.05. The molecule has 10 heteroatoms. The number of hydrogen-bond acceptors (Lipinski definition) is 8. The van der Waals surface area contributed by atoms with Crippen LogP contribution in [-0.4, -0.2) is 66.5 Å². The van der Waals surface area contributed by atoms with E-state index in [-0.39, 0.29) is 22.8 Å². The van der Waals surface area contributed by atoms with Crippen LogP contribution >= 0.6 is 0 Å². The number of aromatic nitrogens is 1. The molecule has 2 aromatic rings. The summed E-state index contributed by atoms with van der Waals surface area (Å²) < 4.78 is 5.06. The van der Waals surface area contributed by atoms with Crippen molar-refractivity contribution in [2.75, 3.05) is 50.1 Å². The van der Waals surface area contributed by atoms with Gasteiger partial charge >= 0.3 is 5.97 Å². The Bertz CT molecular complexity index is 897. The minimum Gasteiger partial charge on any atom is -0.452 e. The van der Waals surface area contributed by atoms with Crippen LogP contribution in [0, 0.1) is 10.1 Å². The number of hydrogen-bond donors (Lipinski definition) is 1. The first-order valence-electron chi connectivity index (χ1n) is 9.06. The van der Waals surface area contributed by atoms with E-state index in [2.05, 4.69) is 15.2 Å². The molecule has 0 spiro atoms. The zero-order valence-electron chi connectivity index (χ0n) is 15.9. The summed E-state index contributed by atoms with van der Waals surface area (Å²) in [5, 5.41) is 13.8. The standard InChI is InChI=1S/C19H21N5O5/c1-20-15-6-5-14(12-16(15)24(27)28)19(26)29-13-18(25)23-10-8-22(9-11-23)17-4-2-3-7-21-17/h2-7,12,20H,8-11,13H2,1H3. The predicted molar refractivity (Wildman–Crippen MR) is 106 cm³/mol. The number of rotatable bonds is 6. The Labute approximate surface area is 167 Å². The van der Waals surface area contributed by atoms with Gasteiger partial charge in [0.1, 0.15) is 11.5 Å². The second-order valence-electron chi connectivity index (χ2n) is 6.37. The van der Waals surface area contributed by atoms with Crippen LogP contribution in [-0.2, 0) is 9.53 Å². The van der Waals surface area contributed by atoms with E-state index in [1.807, 2.05) is 18.2 Å². The number of amides is 1. The number of carbonyl (C=O) groups is 2. The number of anilines is 2. The average Bonchev–Trinajstić information content (AvgIpc) is 2.77. The normalized spacial score (nSPS) is 13.7. The highest BCUT2D eigenvalue weighted by molar-refractivity contribution is 5.93. The molecule has 0 bridgehead atoms. The largest absolute Gasteiger partial charge is 0.452 e. The molecule has 10 nitrogen and oxygen atoms in total. The first-order chi connectivity index (χ1) is 14.0. The lowest BCUT2D eigenvalue weighted by molar-refractivity contribution is -0.384. The van der Waals surface area contributed by atoms with E-state index >= 15 is 0 Å². The van der Waals surface area contributed by atoms with E-state index in [0.29, 0.717) is 26.2 Å². The lowest BCUT2D eigenvalue weighted by Crippen LogP contribution is -2.50. The molecule has 3 rings (SSSR count). The molecule has 1 aromatic heterocycles. The molecule has 1 aliphatic heterocycles. The van der Waals surface area contributed by atoms with Crippen LogP contribution < -0.4 is 10.2 Å². The lowest BCUT2D eigenvalue weighted by atomic mass is 10.1. The summed E-state index contributed by atoms with van der Waals surface area (Å²) in [6.45, 7) is 1.84. The zero-order valence-corrected chi connectivity index (χ0v) is 15.9. The van der Waals surface area contributed by atoms with Crippen LogP contribution in [0.4, 0.5) is 17.2 Å². The number of nitro groups is 1. The molecule has 0 unspecified atom stereocenters. The second kappa shape index (κ2) is 9.00. The Morgan fingerprint density at radius 2 is 1.97 bits per heavy atom. The fraction of sp³-hybridized carbons (Fsp3) is 0.316. The maximum Gasteiger partial charge on any atom is 0.338 e. The Hall–Kier alpha value is -3.69. The van der Waals surface area contributed by atoms with Gasteiger partial charge in [0.25, 0.3) is 11.6 Å². The third-order valence-electron chi connectivity index (χ3n) is 4.63. The van der Waals surface area contributed by atoms with Crippen LogP contribution in [0.5, 0.6) is 0 Å². The van der Waals surface area contributed by atoms with Crippen molar-refractivity contribution in [1.82, 2.24) is 9.88 Å². The summed E-state index contributed by atoms with van der Waals surface area (Å²) in [6.07, 6.45) is 1.72. The number of ether oxygens (including phenoxy) is 1. The van der Waals surface area contributed by atoms with Gasteiger partial charge in [0.05, 0.1) is 10.5 Å². The summed E-state index contributed by atoms with van der Waals surface area (Å²) in [7, 11) is 1.55. The number of piperazine rings is 1. The van der Waals surface area contributed by atoms with Gasteiger partial charge < -0.3 is 19.9 Å². The predicted octanol–water partition coefficient (Wildman–Crippen LogP) is 1.54. The second-order valence-corrected chi connectivity index (χ2v) is 6.37. The minimum absolute atomic E-state index is 0.0171. The molecule has 1 N–H and O–H groups in total. The molecule has 0 aliphatic carbocycles. The van der Waals surface area contributed by atoms with Gasteiger partial charge in [0, 0.05) is 45.5 Å². The minimum atomic E-state index is -0.781. The molecule has 1 fully saturated rings. The maximum atomic E-state index is 12.3. The van der Waals surface area contributed by atoms with Crippen LogP contribution in [0.3, 0.4) is 0 Å². The molecule has 1 saturated heterocycles. The molecule has 29 heavy (non-hydrogen) atoms. The van der Waals surface area contributed by atoms with Gasteiger partial charge in [-0.1, -0.05) is 6.07 Å². The number of pyridine rings is 1. The topological polar surface area (TPSA) is 118 Å². The first-order valence-corrected chi connectivity index (χ1v) is 9.06. The van der Waals surface area contributed by atoms with E-state index in [0.717, 1.165) is 11.9 Å². The van der Waals surface area contributed by atoms with Crippen LogP contribution in [0.25, 0.3) is 0 Å². The van der Waals surface area contributed by atoms with Gasteiger partial charge in [0.2, 0.25) is 0 Å². The molecule has 2 heterocycles. The average molecular weight is 399 g/mol. The highest BCUT2D eigenvalue weighted by Gasteiger charge is 2.23. The first kappa shape index (κ1) is 20.1. The summed E-state index contributed by atoms with van der Waals surface area (Å²) >= 11 is 0. The third-order valence-corrected chi connectivity index (χ3v) is 4.63. The van der Waals surface area contributed by atoms with Gasteiger partial charge in [-0.3, -0.25) is 14.9 Å². The molecule has 1 aromatic carbocycles. The number of nitrogens with zero attached hydrogens (tertiary/aromatic N) is 4. The smallest absolute Gasteiger partial charge is 0.338 e. The summed E-state index contributed by atoms with van der Waals surface area (Å²) in [6, 6.07) is 9.64. The fourth-order valence-electron chi connectivity index (χ4n) is 3.05. The van der Waals surface area contributed by atoms with Crippen molar-refractivity contribution in [3.8, 4) is 0 Å². The molecule has 0 radical (unpaired) electrons. The van der Waals surface area contributed by atoms with E-state index in [1.165, 1.54) is 12.1 Å². The highest BCUT2D eigenvalue weighted by Crippen LogP contribution is 2.25. The van der Waals surface area contributed by atoms with Gasteiger partial charge in [-0.05, 0) is 24.3 Å². The number of carbonyl (C=O) groups excluding carboxylic acids is 2. The monoisotopic (exact) mass is 399 g/mol. The Kier molecular flexibility index (Phi) is 6.22. The van der Waals surface area contributed by atoms with E-state index < -0.39 is 17.5 Å². The van der Waals surface area contributed by atoms with Gasteiger partial charge in [-0.15, -0.1) is 0 Å². The molecular formula is C19H21N5O5.